The van der Waals surface area contributed by atoms with Crippen molar-refractivity contribution in [3.05, 3.63) is 18.6 Å². The first-order valence-electron chi connectivity index (χ1n) is 10.2. The first-order chi connectivity index (χ1) is 12.4. The number of rotatable bonds is 4. The van der Waals surface area contributed by atoms with Crippen LogP contribution in [0.25, 0.3) is 0 Å². The highest BCUT2D eigenvalue weighted by Gasteiger charge is 2.64. The van der Waals surface area contributed by atoms with Gasteiger partial charge in [0.2, 0.25) is 5.88 Å². The first-order valence-corrected chi connectivity index (χ1v) is 10.2. The second-order valence-electron chi connectivity index (χ2n) is 8.46. The highest BCUT2D eigenvalue weighted by Crippen LogP contribution is 2.60. The van der Waals surface area contributed by atoms with Gasteiger partial charge in [-0.05, 0) is 44.9 Å². The van der Waals surface area contributed by atoms with Crippen molar-refractivity contribution in [1.29, 1.82) is 0 Å². The van der Waals surface area contributed by atoms with Gasteiger partial charge < -0.3 is 14.8 Å². The first kappa shape index (κ1) is 16.0. The zero-order chi connectivity index (χ0) is 16.7. The van der Waals surface area contributed by atoms with E-state index in [4.69, 9.17) is 9.47 Å². The Morgan fingerprint density at radius 1 is 1.08 bits per heavy atom. The SMILES string of the molecule is c1cnc(OC2CCC(N[C@@H]3[C@H]4CCO[C@H]4C34CCCC4)CC2)cn1. The Labute approximate surface area is 149 Å². The van der Waals surface area contributed by atoms with Crippen molar-refractivity contribution in [2.24, 2.45) is 11.3 Å². The van der Waals surface area contributed by atoms with E-state index in [0.717, 1.165) is 25.4 Å². The maximum atomic E-state index is 6.12. The summed E-state index contributed by atoms with van der Waals surface area (Å²) in [5, 5.41) is 4.08. The topological polar surface area (TPSA) is 56.3 Å². The zero-order valence-electron chi connectivity index (χ0n) is 14.9. The van der Waals surface area contributed by atoms with Crippen LogP contribution in [0.2, 0.25) is 0 Å². The highest BCUT2D eigenvalue weighted by atomic mass is 16.5. The number of nitrogens with one attached hydrogen (secondary N) is 1. The van der Waals surface area contributed by atoms with E-state index < -0.39 is 0 Å². The highest BCUT2D eigenvalue weighted by molar-refractivity contribution is 5.17. The molecule has 136 valence electrons. The second-order valence-corrected chi connectivity index (χ2v) is 8.46. The summed E-state index contributed by atoms with van der Waals surface area (Å²) in [6.07, 6.45) is 17.4. The summed E-state index contributed by atoms with van der Waals surface area (Å²) in [4.78, 5) is 8.32. The lowest BCUT2D eigenvalue weighted by Gasteiger charge is -2.58. The van der Waals surface area contributed by atoms with Gasteiger partial charge in [-0.1, -0.05) is 12.8 Å². The van der Waals surface area contributed by atoms with E-state index in [1.165, 1.54) is 44.9 Å². The van der Waals surface area contributed by atoms with Gasteiger partial charge >= 0.3 is 0 Å². The molecule has 25 heavy (non-hydrogen) atoms. The second kappa shape index (κ2) is 6.51. The number of ether oxygens (including phenoxy) is 2. The third kappa shape index (κ3) is 2.76. The molecule has 3 saturated carbocycles. The molecule has 3 aliphatic carbocycles. The lowest BCUT2D eigenvalue weighted by Crippen LogP contribution is -2.69. The van der Waals surface area contributed by atoms with Crippen LogP contribution in [0.5, 0.6) is 5.88 Å². The zero-order valence-corrected chi connectivity index (χ0v) is 14.9. The smallest absolute Gasteiger partial charge is 0.232 e. The number of hydrogen-bond donors (Lipinski definition) is 1. The fourth-order valence-corrected chi connectivity index (χ4v) is 6.06. The molecule has 5 heteroatoms. The predicted molar refractivity (Wildman–Crippen MR) is 94.4 cm³/mol. The van der Waals surface area contributed by atoms with E-state index >= 15 is 0 Å². The van der Waals surface area contributed by atoms with Crippen LogP contribution in [0.4, 0.5) is 0 Å². The number of nitrogens with zero attached hydrogens (tertiary/aromatic N) is 2. The average Bonchev–Trinajstić information content (AvgIpc) is 3.31. The van der Waals surface area contributed by atoms with Crippen LogP contribution in [0, 0.1) is 11.3 Å². The fourth-order valence-electron chi connectivity index (χ4n) is 6.06. The van der Waals surface area contributed by atoms with Crippen molar-refractivity contribution in [2.45, 2.75) is 82.1 Å². The Hall–Kier alpha value is -1.20. The summed E-state index contributed by atoms with van der Waals surface area (Å²) in [6, 6.07) is 1.34. The van der Waals surface area contributed by atoms with E-state index in [2.05, 4.69) is 15.3 Å². The van der Waals surface area contributed by atoms with Gasteiger partial charge in [0.1, 0.15) is 6.10 Å². The van der Waals surface area contributed by atoms with Gasteiger partial charge in [-0.3, -0.25) is 4.98 Å². The van der Waals surface area contributed by atoms with E-state index in [0.29, 0.717) is 35.6 Å². The minimum Gasteiger partial charge on any atom is -0.473 e. The van der Waals surface area contributed by atoms with Gasteiger partial charge in [0.05, 0.1) is 12.3 Å². The maximum Gasteiger partial charge on any atom is 0.232 e. The summed E-state index contributed by atoms with van der Waals surface area (Å²) in [7, 11) is 0. The molecule has 1 aliphatic heterocycles. The molecule has 1 spiro atoms. The van der Waals surface area contributed by atoms with Crippen LogP contribution in [0.3, 0.4) is 0 Å². The standard InChI is InChI=1S/C20H29N3O2/c1-2-9-20(8-1)18(16-7-12-24-19(16)20)23-14-3-5-15(6-4-14)25-17-13-21-10-11-22-17/h10-11,13-16,18-19,23H,1-9,12H2/t14?,15?,16-,18-,19-/m1/s1. The van der Waals surface area contributed by atoms with E-state index in [-0.39, 0.29) is 0 Å². The molecule has 0 bridgehead atoms. The van der Waals surface area contributed by atoms with Crippen LogP contribution in [0.1, 0.15) is 57.8 Å². The summed E-state index contributed by atoms with van der Waals surface area (Å²) in [6.45, 7) is 0.980. The summed E-state index contributed by atoms with van der Waals surface area (Å²) < 4.78 is 12.1. The van der Waals surface area contributed by atoms with Crippen molar-refractivity contribution >= 4 is 0 Å². The quantitative estimate of drug-likeness (QED) is 0.910. The van der Waals surface area contributed by atoms with Gasteiger partial charge in [0.15, 0.2) is 0 Å². The van der Waals surface area contributed by atoms with Crippen LogP contribution in [0.15, 0.2) is 18.6 Å². The monoisotopic (exact) mass is 343 g/mol. The van der Waals surface area contributed by atoms with E-state index in [1.54, 1.807) is 18.6 Å². The molecule has 1 saturated heterocycles. The van der Waals surface area contributed by atoms with Crippen molar-refractivity contribution in [3.8, 4) is 5.88 Å². The van der Waals surface area contributed by atoms with Gasteiger partial charge in [-0.2, -0.15) is 0 Å². The third-order valence-corrected chi connectivity index (χ3v) is 7.20. The molecule has 5 rings (SSSR count). The van der Waals surface area contributed by atoms with Gasteiger partial charge in [0.25, 0.3) is 0 Å². The Morgan fingerprint density at radius 3 is 2.68 bits per heavy atom. The summed E-state index contributed by atoms with van der Waals surface area (Å²) in [5.74, 6) is 1.43. The maximum absolute atomic E-state index is 6.12. The minimum atomic E-state index is 0.291. The molecule has 0 amide bonds. The van der Waals surface area contributed by atoms with E-state index in [1.807, 2.05) is 0 Å². The molecule has 4 aliphatic rings. The van der Waals surface area contributed by atoms with Crippen LogP contribution in [-0.2, 0) is 4.74 Å². The van der Waals surface area contributed by atoms with Crippen molar-refractivity contribution < 1.29 is 9.47 Å². The molecular weight excluding hydrogens is 314 g/mol. The molecule has 3 atom stereocenters. The molecule has 4 fully saturated rings. The third-order valence-electron chi connectivity index (χ3n) is 7.20. The average molecular weight is 343 g/mol. The number of hydrogen-bond acceptors (Lipinski definition) is 5. The van der Waals surface area contributed by atoms with E-state index in [9.17, 15) is 0 Å². The predicted octanol–water partition coefficient (Wildman–Crippen LogP) is 3.10. The fraction of sp³-hybridized carbons (Fsp3) is 0.800. The minimum absolute atomic E-state index is 0.291. The molecule has 0 radical (unpaired) electrons. The summed E-state index contributed by atoms with van der Waals surface area (Å²) >= 11 is 0. The molecular formula is C20H29N3O2. The molecule has 1 N–H and O–H groups in total. The normalized spacial score (nSPS) is 39.1. The number of aromatic nitrogens is 2. The molecule has 0 unspecified atom stereocenters. The lowest BCUT2D eigenvalue weighted by molar-refractivity contribution is -0.134. The van der Waals surface area contributed by atoms with Crippen LogP contribution in [-0.4, -0.2) is 40.9 Å². The van der Waals surface area contributed by atoms with Crippen molar-refractivity contribution in [2.75, 3.05) is 6.61 Å². The van der Waals surface area contributed by atoms with Crippen LogP contribution < -0.4 is 10.1 Å². The van der Waals surface area contributed by atoms with Crippen LogP contribution >= 0.6 is 0 Å². The molecule has 1 aromatic rings. The molecule has 2 heterocycles. The lowest BCUT2D eigenvalue weighted by atomic mass is 9.54. The Bertz CT molecular complexity index is 582. The molecule has 5 nitrogen and oxygen atoms in total. The van der Waals surface area contributed by atoms with Gasteiger partial charge in [-0.25, -0.2) is 4.98 Å². The molecule has 1 aromatic heterocycles. The Balaban J connectivity index is 1.16. The largest absolute Gasteiger partial charge is 0.473 e. The van der Waals surface area contributed by atoms with Crippen molar-refractivity contribution in [1.82, 2.24) is 15.3 Å². The van der Waals surface area contributed by atoms with Crippen molar-refractivity contribution in [3.63, 3.8) is 0 Å². The summed E-state index contributed by atoms with van der Waals surface area (Å²) in [5.41, 5.74) is 0.466. The van der Waals surface area contributed by atoms with Gasteiger partial charge in [-0.15, -0.1) is 0 Å². The Morgan fingerprint density at radius 2 is 1.92 bits per heavy atom. The Kier molecular flexibility index (Phi) is 4.17. The number of fused-ring (bicyclic) bond motifs is 2. The van der Waals surface area contributed by atoms with Gasteiger partial charge in [0, 0.05) is 42.4 Å². The molecule has 0 aromatic carbocycles.